The second-order valence-electron chi connectivity index (χ2n) is 4.77. The monoisotopic (exact) mass is 323 g/mol. The second kappa shape index (κ2) is 6.56. The maximum atomic E-state index is 11.8. The van der Waals surface area contributed by atoms with Crippen molar-refractivity contribution in [1.82, 2.24) is 14.1 Å². The van der Waals surface area contributed by atoms with Crippen molar-refractivity contribution in [2.75, 3.05) is 0 Å². The standard InChI is InChI=1S/C13H17N5O3S/c1-8-15-9(7-22-8)4-11(14)16-21-6-10-5-12(19)18(3)13(20)17(10)2/h5,7H,4,6H2,1-3H3,(H2,14,16). The van der Waals surface area contributed by atoms with Crippen molar-refractivity contribution in [2.45, 2.75) is 20.0 Å². The van der Waals surface area contributed by atoms with Gasteiger partial charge in [-0.1, -0.05) is 5.16 Å². The van der Waals surface area contributed by atoms with Gasteiger partial charge in [-0.2, -0.15) is 0 Å². The predicted octanol–water partition coefficient (Wildman–Crippen LogP) is -0.120. The molecule has 0 radical (unpaired) electrons. The zero-order valence-corrected chi connectivity index (χ0v) is 13.4. The van der Waals surface area contributed by atoms with E-state index in [0.29, 0.717) is 12.1 Å². The van der Waals surface area contributed by atoms with Crippen LogP contribution in [0.25, 0.3) is 0 Å². The van der Waals surface area contributed by atoms with Crippen LogP contribution in [0.3, 0.4) is 0 Å². The highest BCUT2D eigenvalue weighted by Crippen LogP contribution is 2.08. The fourth-order valence-corrected chi connectivity index (χ4v) is 2.42. The van der Waals surface area contributed by atoms with Crippen LogP contribution in [-0.4, -0.2) is 20.0 Å². The van der Waals surface area contributed by atoms with Gasteiger partial charge in [-0.25, -0.2) is 9.78 Å². The Bertz CT molecular complexity index is 818. The van der Waals surface area contributed by atoms with E-state index in [9.17, 15) is 9.59 Å². The van der Waals surface area contributed by atoms with E-state index in [-0.39, 0.29) is 12.4 Å². The summed E-state index contributed by atoms with van der Waals surface area (Å²) in [7, 11) is 2.98. The smallest absolute Gasteiger partial charge is 0.330 e. The van der Waals surface area contributed by atoms with Crippen LogP contribution in [0.5, 0.6) is 0 Å². The summed E-state index contributed by atoms with van der Waals surface area (Å²) < 4.78 is 2.35. The van der Waals surface area contributed by atoms with E-state index in [4.69, 9.17) is 10.6 Å². The highest BCUT2D eigenvalue weighted by atomic mass is 32.1. The third-order valence-electron chi connectivity index (χ3n) is 3.05. The van der Waals surface area contributed by atoms with Gasteiger partial charge in [-0.3, -0.25) is 13.9 Å². The predicted molar refractivity (Wildman–Crippen MR) is 83.9 cm³/mol. The van der Waals surface area contributed by atoms with Crippen molar-refractivity contribution < 1.29 is 4.84 Å². The summed E-state index contributed by atoms with van der Waals surface area (Å²) >= 11 is 1.54. The second-order valence-corrected chi connectivity index (χ2v) is 5.83. The highest BCUT2D eigenvalue weighted by molar-refractivity contribution is 7.09. The van der Waals surface area contributed by atoms with E-state index in [1.807, 2.05) is 12.3 Å². The van der Waals surface area contributed by atoms with E-state index in [1.54, 1.807) is 7.05 Å². The van der Waals surface area contributed by atoms with Crippen molar-refractivity contribution in [2.24, 2.45) is 25.0 Å². The number of oxime groups is 1. The van der Waals surface area contributed by atoms with E-state index in [1.165, 1.54) is 29.0 Å². The molecule has 0 aromatic carbocycles. The lowest BCUT2D eigenvalue weighted by molar-refractivity contribution is 0.123. The number of amidine groups is 1. The summed E-state index contributed by atoms with van der Waals surface area (Å²) in [5, 5.41) is 6.64. The molecule has 0 fully saturated rings. The minimum Gasteiger partial charge on any atom is -0.388 e. The number of thiazole rings is 1. The van der Waals surface area contributed by atoms with E-state index < -0.39 is 11.2 Å². The molecule has 9 heteroatoms. The van der Waals surface area contributed by atoms with Gasteiger partial charge in [0.15, 0.2) is 6.61 Å². The lowest BCUT2D eigenvalue weighted by Crippen LogP contribution is -2.38. The number of nitrogens with two attached hydrogens (primary N) is 1. The summed E-state index contributed by atoms with van der Waals surface area (Å²) in [6, 6.07) is 1.33. The lowest BCUT2D eigenvalue weighted by atomic mass is 10.3. The number of aromatic nitrogens is 3. The topological polar surface area (TPSA) is 104 Å². The van der Waals surface area contributed by atoms with E-state index in [2.05, 4.69) is 10.1 Å². The van der Waals surface area contributed by atoms with Crippen molar-refractivity contribution >= 4 is 17.2 Å². The van der Waals surface area contributed by atoms with Gasteiger partial charge in [0.2, 0.25) is 0 Å². The highest BCUT2D eigenvalue weighted by Gasteiger charge is 2.06. The molecule has 0 aliphatic heterocycles. The maximum absolute atomic E-state index is 11.8. The Kier molecular flexibility index (Phi) is 4.76. The van der Waals surface area contributed by atoms with Gasteiger partial charge in [0.05, 0.1) is 22.8 Å². The molecule has 0 bridgehead atoms. The first-order chi connectivity index (χ1) is 10.4. The Morgan fingerprint density at radius 1 is 1.41 bits per heavy atom. The third-order valence-corrected chi connectivity index (χ3v) is 3.87. The fraction of sp³-hybridized carbons (Fsp3) is 0.385. The maximum Gasteiger partial charge on any atom is 0.330 e. The van der Waals surface area contributed by atoms with Gasteiger partial charge < -0.3 is 10.6 Å². The van der Waals surface area contributed by atoms with Gasteiger partial charge in [0.25, 0.3) is 5.56 Å². The van der Waals surface area contributed by atoms with E-state index >= 15 is 0 Å². The molecule has 2 rings (SSSR count). The zero-order valence-electron chi connectivity index (χ0n) is 12.6. The molecular weight excluding hydrogens is 306 g/mol. The van der Waals surface area contributed by atoms with Gasteiger partial charge in [0, 0.05) is 25.5 Å². The zero-order chi connectivity index (χ0) is 16.3. The van der Waals surface area contributed by atoms with Crippen LogP contribution >= 0.6 is 11.3 Å². The summed E-state index contributed by atoms with van der Waals surface area (Å²) in [4.78, 5) is 32.7. The Hall–Kier alpha value is -2.42. The van der Waals surface area contributed by atoms with Crippen LogP contribution in [-0.2, 0) is 32.0 Å². The van der Waals surface area contributed by atoms with Gasteiger partial charge >= 0.3 is 5.69 Å². The molecule has 2 N–H and O–H groups in total. The quantitative estimate of drug-likeness (QED) is 0.469. The molecular formula is C13H17N5O3S. The minimum atomic E-state index is -0.416. The Morgan fingerprint density at radius 3 is 2.77 bits per heavy atom. The van der Waals surface area contributed by atoms with Crippen LogP contribution < -0.4 is 17.0 Å². The molecule has 0 unspecified atom stereocenters. The first-order valence-electron chi connectivity index (χ1n) is 6.49. The summed E-state index contributed by atoms with van der Waals surface area (Å²) in [6.07, 6.45) is 0.389. The first kappa shape index (κ1) is 16.0. The number of nitrogens with zero attached hydrogens (tertiary/aromatic N) is 4. The molecule has 0 aliphatic rings. The number of rotatable bonds is 5. The Morgan fingerprint density at radius 2 is 2.14 bits per heavy atom. The number of aryl methyl sites for hydroxylation is 1. The first-order valence-corrected chi connectivity index (χ1v) is 7.37. The summed E-state index contributed by atoms with van der Waals surface area (Å²) in [6.45, 7) is 1.90. The van der Waals surface area contributed by atoms with Crippen LogP contribution in [0.1, 0.15) is 16.4 Å². The SMILES string of the molecule is Cc1nc(C/C(N)=N/OCc2cc(=O)n(C)c(=O)n2C)cs1. The average molecular weight is 323 g/mol. The average Bonchev–Trinajstić information content (AvgIpc) is 2.87. The summed E-state index contributed by atoms with van der Waals surface area (Å²) in [5.41, 5.74) is 6.20. The molecule has 0 saturated carbocycles. The molecule has 0 amide bonds. The van der Waals surface area contributed by atoms with Crippen molar-refractivity contribution in [3.05, 3.63) is 48.7 Å². The molecule has 2 aromatic rings. The van der Waals surface area contributed by atoms with Crippen LogP contribution in [0.2, 0.25) is 0 Å². The Labute approximate surface area is 130 Å². The van der Waals surface area contributed by atoms with Crippen LogP contribution in [0.4, 0.5) is 0 Å². The number of hydrogen-bond acceptors (Lipinski definition) is 6. The van der Waals surface area contributed by atoms with Crippen molar-refractivity contribution in [3.63, 3.8) is 0 Å². The molecule has 8 nitrogen and oxygen atoms in total. The van der Waals surface area contributed by atoms with Crippen molar-refractivity contribution in [1.29, 1.82) is 0 Å². The number of hydrogen-bond donors (Lipinski definition) is 1. The van der Waals surface area contributed by atoms with Gasteiger partial charge in [0.1, 0.15) is 5.84 Å². The minimum absolute atomic E-state index is 0.0153. The van der Waals surface area contributed by atoms with Gasteiger partial charge in [-0.05, 0) is 6.92 Å². The third kappa shape index (κ3) is 3.61. The molecule has 0 saturated heterocycles. The lowest BCUT2D eigenvalue weighted by Gasteiger charge is -2.08. The molecule has 0 spiro atoms. The molecule has 0 aliphatic carbocycles. The largest absolute Gasteiger partial charge is 0.388 e. The van der Waals surface area contributed by atoms with Gasteiger partial charge in [-0.15, -0.1) is 11.3 Å². The fourth-order valence-electron chi connectivity index (χ4n) is 1.81. The molecule has 118 valence electrons. The molecule has 22 heavy (non-hydrogen) atoms. The van der Waals surface area contributed by atoms with Crippen LogP contribution in [0, 0.1) is 6.92 Å². The van der Waals surface area contributed by atoms with Crippen molar-refractivity contribution in [3.8, 4) is 0 Å². The molecule has 0 atom stereocenters. The van der Waals surface area contributed by atoms with Crippen LogP contribution in [0.15, 0.2) is 26.2 Å². The molecule has 2 heterocycles. The normalized spacial score (nSPS) is 11.7. The Balaban J connectivity index is 2.03. The molecule has 2 aromatic heterocycles. The van der Waals surface area contributed by atoms with E-state index in [0.717, 1.165) is 15.3 Å². The summed E-state index contributed by atoms with van der Waals surface area (Å²) in [5.74, 6) is 0.277.